The molecule has 1 spiro atoms. The van der Waals surface area contributed by atoms with Crippen LogP contribution in [0.3, 0.4) is 0 Å². The molecule has 1 aromatic heterocycles. The molecule has 5 rings (SSSR count). The zero-order valence-corrected chi connectivity index (χ0v) is 16.6. The average Bonchev–Trinajstić information content (AvgIpc) is 3.14. The number of benzene rings is 2. The molecule has 1 atom stereocenters. The van der Waals surface area contributed by atoms with Crippen LogP contribution in [0.2, 0.25) is 0 Å². The van der Waals surface area contributed by atoms with E-state index in [0.717, 1.165) is 60.0 Å². The monoisotopic (exact) mass is 389 g/mol. The van der Waals surface area contributed by atoms with E-state index in [9.17, 15) is 4.39 Å². The van der Waals surface area contributed by atoms with Gasteiger partial charge in [-0.2, -0.15) is 0 Å². The van der Waals surface area contributed by atoms with E-state index in [4.69, 9.17) is 14.7 Å². The van der Waals surface area contributed by atoms with Crippen molar-refractivity contribution >= 4 is 0 Å². The third-order valence-electron chi connectivity index (χ3n) is 6.13. The predicted octanol–water partition coefficient (Wildman–Crippen LogP) is 4.27. The fourth-order valence-corrected chi connectivity index (χ4v) is 4.59. The largest absolute Gasteiger partial charge is 0.376 e. The summed E-state index contributed by atoms with van der Waals surface area (Å²) in [4.78, 5) is 12.3. The third-order valence-corrected chi connectivity index (χ3v) is 6.13. The molecule has 0 N–H and O–H groups in total. The zero-order chi connectivity index (χ0) is 19.8. The van der Waals surface area contributed by atoms with Gasteiger partial charge in [-0.3, -0.25) is 4.90 Å². The minimum Gasteiger partial charge on any atom is -0.376 e. The minimum atomic E-state index is -0.193. The summed E-state index contributed by atoms with van der Waals surface area (Å²) in [6.45, 7) is 6.00. The summed E-state index contributed by atoms with van der Waals surface area (Å²) in [6.07, 6.45) is 1.01. The van der Waals surface area contributed by atoms with E-state index in [-0.39, 0.29) is 11.2 Å². The van der Waals surface area contributed by atoms with E-state index in [0.29, 0.717) is 13.2 Å². The maximum Gasteiger partial charge on any atom is 0.159 e. The first kappa shape index (κ1) is 18.4. The number of halogens is 1. The Morgan fingerprint density at radius 3 is 2.66 bits per heavy atom. The van der Waals surface area contributed by atoms with Crippen LogP contribution in [0.15, 0.2) is 54.6 Å². The molecule has 148 valence electrons. The van der Waals surface area contributed by atoms with Crippen LogP contribution in [-0.4, -0.2) is 34.6 Å². The van der Waals surface area contributed by atoms with Gasteiger partial charge in [-0.15, -0.1) is 0 Å². The molecular formula is C24H24FN3O. The van der Waals surface area contributed by atoms with Crippen LogP contribution in [0.5, 0.6) is 0 Å². The lowest BCUT2D eigenvalue weighted by molar-refractivity contribution is 0.0498. The molecule has 5 heteroatoms. The number of likely N-dealkylation sites (tertiary alicyclic amines) is 1. The normalized spacial score (nSPS) is 21.4. The summed E-state index contributed by atoms with van der Waals surface area (Å²) in [5, 5.41) is 0. The lowest BCUT2D eigenvalue weighted by atomic mass is 9.80. The number of ether oxygens (including phenoxy) is 1. The van der Waals surface area contributed by atoms with E-state index in [1.165, 1.54) is 12.1 Å². The molecule has 1 fully saturated rings. The van der Waals surface area contributed by atoms with E-state index in [1.807, 2.05) is 30.3 Å². The van der Waals surface area contributed by atoms with Crippen molar-refractivity contribution < 1.29 is 9.13 Å². The number of rotatable bonds is 3. The second-order valence-electron chi connectivity index (χ2n) is 8.19. The summed E-state index contributed by atoms with van der Waals surface area (Å²) >= 11 is 0. The van der Waals surface area contributed by atoms with E-state index >= 15 is 0 Å². The van der Waals surface area contributed by atoms with Crippen molar-refractivity contribution in [2.75, 3.05) is 19.7 Å². The highest BCUT2D eigenvalue weighted by Gasteiger charge is 2.45. The van der Waals surface area contributed by atoms with Gasteiger partial charge in [0.1, 0.15) is 5.82 Å². The topological polar surface area (TPSA) is 38.3 Å². The van der Waals surface area contributed by atoms with Gasteiger partial charge < -0.3 is 4.74 Å². The Kier molecular flexibility index (Phi) is 4.64. The second kappa shape index (κ2) is 7.32. The van der Waals surface area contributed by atoms with Crippen LogP contribution in [-0.2, 0) is 23.3 Å². The third kappa shape index (κ3) is 3.45. The standard InChI is InChI=1S/C24H24FN3O/c1-17-21-14-29-16-24(22(21)27-23(26-17)19-5-3-2-4-6-19)11-12-28(15-24)13-18-7-9-20(25)10-8-18/h2-10H,11-16H2,1H3. The molecule has 3 heterocycles. The molecule has 29 heavy (non-hydrogen) atoms. The maximum absolute atomic E-state index is 13.2. The van der Waals surface area contributed by atoms with E-state index < -0.39 is 0 Å². The Balaban J connectivity index is 1.47. The SMILES string of the molecule is Cc1nc(-c2ccccc2)nc2c1COCC21CCN(Cc2ccc(F)cc2)C1. The van der Waals surface area contributed by atoms with E-state index in [2.05, 4.69) is 24.0 Å². The Morgan fingerprint density at radius 2 is 1.86 bits per heavy atom. The molecule has 2 aliphatic heterocycles. The fourth-order valence-electron chi connectivity index (χ4n) is 4.59. The van der Waals surface area contributed by atoms with Crippen molar-refractivity contribution in [2.45, 2.75) is 31.9 Å². The number of hydrogen-bond donors (Lipinski definition) is 0. The highest BCUT2D eigenvalue weighted by atomic mass is 19.1. The number of fused-ring (bicyclic) bond motifs is 2. The van der Waals surface area contributed by atoms with Gasteiger partial charge in [-0.25, -0.2) is 14.4 Å². The van der Waals surface area contributed by atoms with Gasteiger partial charge in [0.05, 0.1) is 24.3 Å². The summed E-state index contributed by atoms with van der Waals surface area (Å²) in [7, 11) is 0. The number of hydrogen-bond acceptors (Lipinski definition) is 4. The van der Waals surface area contributed by atoms with Crippen LogP contribution in [0.25, 0.3) is 11.4 Å². The van der Waals surface area contributed by atoms with Gasteiger partial charge >= 0.3 is 0 Å². The average molecular weight is 389 g/mol. The molecule has 0 aliphatic carbocycles. The molecule has 1 saturated heterocycles. The van der Waals surface area contributed by atoms with Gasteiger partial charge in [0.2, 0.25) is 0 Å². The number of aryl methyl sites for hydroxylation is 1. The maximum atomic E-state index is 13.2. The first-order valence-corrected chi connectivity index (χ1v) is 10.1. The number of nitrogens with zero attached hydrogens (tertiary/aromatic N) is 3. The van der Waals surface area contributed by atoms with E-state index in [1.54, 1.807) is 0 Å². The van der Waals surface area contributed by atoms with Gasteiger partial charge in [0.15, 0.2) is 5.82 Å². The molecule has 0 bridgehead atoms. The quantitative estimate of drug-likeness (QED) is 0.671. The van der Waals surface area contributed by atoms with Crippen molar-refractivity contribution in [3.63, 3.8) is 0 Å². The summed E-state index contributed by atoms with van der Waals surface area (Å²) in [5.41, 5.74) is 5.36. The van der Waals surface area contributed by atoms with Gasteiger partial charge in [-0.1, -0.05) is 42.5 Å². The molecule has 0 saturated carbocycles. The summed E-state index contributed by atoms with van der Waals surface area (Å²) in [6, 6.07) is 17.0. The Hall–Kier alpha value is -2.63. The lowest BCUT2D eigenvalue weighted by Crippen LogP contribution is -2.41. The highest BCUT2D eigenvalue weighted by molar-refractivity contribution is 5.56. The van der Waals surface area contributed by atoms with Gasteiger partial charge in [-0.05, 0) is 37.6 Å². The van der Waals surface area contributed by atoms with Crippen LogP contribution in [0, 0.1) is 12.7 Å². The van der Waals surface area contributed by atoms with Crippen LogP contribution in [0.1, 0.15) is 28.9 Å². The Bertz CT molecular complexity index is 1020. The molecule has 2 aliphatic rings. The lowest BCUT2D eigenvalue weighted by Gasteiger charge is -2.35. The summed E-state index contributed by atoms with van der Waals surface area (Å²) in [5.74, 6) is 0.599. The molecule has 1 unspecified atom stereocenters. The van der Waals surface area contributed by atoms with Crippen molar-refractivity contribution in [1.82, 2.24) is 14.9 Å². The van der Waals surface area contributed by atoms with Crippen molar-refractivity contribution in [1.29, 1.82) is 0 Å². The minimum absolute atomic E-state index is 0.106. The number of aromatic nitrogens is 2. The second-order valence-corrected chi connectivity index (χ2v) is 8.19. The van der Waals surface area contributed by atoms with Gasteiger partial charge in [0.25, 0.3) is 0 Å². The summed E-state index contributed by atoms with van der Waals surface area (Å²) < 4.78 is 19.2. The molecule has 0 radical (unpaired) electrons. The Labute approximate surface area is 170 Å². The van der Waals surface area contributed by atoms with Crippen molar-refractivity contribution in [3.8, 4) is 11.4 Å². The first-order valence-electron chi connectivity index (χ1n) is 10.1. The van der Waals surface area contributed by atoms with Crippen LogP contribution < -0.4 is 0 Å². The van der Waals surface area contributed by atoms with Crippen molar-refractivity contribution in [3.05, 3.63) is 82.9 Å². The van der Waals surface area contributed by atoms with Crippen LogP contribution >= 0.6 is 0 Å². The zero-order valence-electron chi connectivity index (χ0n) is 16.6. The van der Waals surface area contributed by atoms with Crippen molar-refractivity contribution in [2.24, 2.45) is 0 Å². The molecule has 0 amide bonds. The van der Waals surface area contributed by atoms with Gasteiger partial charge in [0, 0.05) is 29.9 Å². The molecule has 2 aromatic carbocycles. The highest BCUT2D eigenvalue weighted by Crippen LogP contribution is 2.41. The smallest absolute Gasteiger partial charge is 0.159 e. The van der Waals surface area contributed by atoms with Crippen LogP contribution in [0.4, 0.5) is 4.39 Å². The predicted molar refractivity (Wildman–Crippen MR) is 110 cm³/mol. The fraction of sp³-hybridized carbons (Fsp3) is 0.333. The Morgan fingerprint density at radius 1 is 1.07 bits per heavy atom. The molecular weight excluding hydrogens is 365 g/mol. The molecule has 4 nitrogen and oxygen atoms in total. The first-order chi connectivity index (χ1) is 14.1. The molecule has 3 aromatic rings.